The largest absolute Gasteiger partial charge is 0.480 e. The van der Waals surface area contributed by atoms with Gasteiger partial charge in [-0.15, -0.1) is 0 Å². The van der Waals surface area contributed by atoms with Crippen LogP contribution in [-0.2, 0) is 9.59 Å². The number of benzene rings is 1. The van der Waals surface area contributed by atoms with Crippen molar-refractivity contribution < 1.29 is 29.4 Å². The van der Waals surface area contributed by atoms with Crippen molar-refractivity contribution in [3.8, 4) is 0 Å². The van der Waals surface area contributed by atoms with Gasteiger partial charge < -0.3 is 15.5 Å². The summed E-state index contributed by atoms with van der Waals surface area (Å²) in [5.74, 6) is -2.70. The van der Waals surface area contributed by atoms with E-state index in [-0.39, 0.29) is 19.4 Å². The fourth-order valence-electron chi connectivity index (χ4n) is 2.29. The van der Waals surface area contributed by atoms with Crippen molar-refractivity contribution in [2.24, 2.45) is 0 Å². The highest BCUT2D eigenvalue weighted by molar-refractivity contribution is 6.21. The van der Waals surface area contributed by atoms with Crippen LogP contribution < -0.4 is 5.32 Å². The van der Waals surface area contributed by atoms with Crippen molar-refractivity contribution in [1.29, 1.82) is 0 Å². The lowest BCUT2D eigenvalue weighted by molar-refractivity contribution is -0.142. The second-order valence-corrected chi connectivity index (χ2v) is 5.05. The molecular formula is C15H16N2O6. The van der Waals surface area contributed by atoms with Crippen molar-refractivity contribution in [1.82, 2.24) is 10.2 Å². The molecule has 0 saturated heterocycles. The summed E-state index contributed by atoms with van der Waals surface area (Å²) in [6.07, 6.45) is 0.145. The summed E-state index contributed by atoms with van der Waals surface area (Å²) in [6.45, 7) is -0.643. The van der Waals surface area contributed by atoms with Crippen LogP contribution >= 0.6 is 0 Å². The molecule has 0 saturated carbocycles. The maximum absolute atomic E-state index is 12.1. The molecule has 1 aromatic rings. The number of aliphatic hydroxyl groups is 1. The average Bonchev–Trinajstić information content (AvgIpc) is 2.77. The molecule has 1 heterocycles. The molecule has 2 rings (SSSR count). The van der Waals surface area contributed by atoms with E-state index in [9.17, 15) is 19.2 Å². The van der Waals surface area contributed by atoms with Gasteiger partial charge in [0.05, 0.1) is 17.7 Å². The number of carboxylic acid groups (broad SMARTS) is 1. The number of carboxylic acids is 1. The van der Waals surface area contributed by atoms with Gasteiger partial charge in [-0.2, -0.15) is 0 Å². The fraction of sp³-hybridized carbons (Fsp3) is 0.333. The quantitative estimate of drug-likeness (QED) is 0.589. The van der Waals surface area contributed by atoms with E-state index in [2.05, 4.69) is 5.32 Å². The van der Waals surface area contributed by atoms with E-state index in [1.807, 2.05) is 0 Å². The standard InChI is InChI=1S/C15H16N2O6/c18-8-11(15(22)23)16-12(19)6-3-7-17-13(20)9-4-1-2-5-10(9)14(17)21/h1-2,4-5,11,18H,3,6-8H2,(H,16,19)(H,22,23). The maximum atomic E-state index is 12.1. The SMILES string of the molecule is O=C(CCCN1C(=O)c2ccccc2C1=O)NC(CO)C(=O)O. The van der Waals surface area contributed by atoms with Crippen LogP contribution in [0.15, 0.2) is 24.3 Å². The van der Waals surface area contributed by atoms with Crippen LogP contribution in [-0.4, -0.2) is 58.0 Å². The number of fused-ring (bicyclic) bond motifs is 1. The van der Waals surface area contributed by atoms with Crippen LogP contribution in [0.1, 0.15) is 33.6 Å². The summed E-state index contributed by atoms with van der Waals surface area (Å²) in [7, 11) is 0. The smallest absolute Gasteiger partial charge is 0.328 e. The van der Waals surface area contributed by atoms with Crippen molar-refractivity contribution in [2.45, 2.75) is 18.9 Å². The third kappa shape index (κ3) is 3.54. The van der Waals surface area contributed by atoms with E-state index in [1.165, 1.54) is 0 Å². The van der Waals surface area contributed by atoms with Gasteiger partial charge in [0.15, 0.2) is 0 Å². The van der Waals surface area contributed by atoms with Crippen LogP contribution in [0, 0.1) is 0 Å². The van der Waals surface area contributed by atoms with Gasteiger partial charge >= 0.3 is 5.97 Å². The highest BCUT2D eigenvalue weighted by atomic mass is 16.4. The number of hydrogen-bond donors (Lipinski definition) is 3. The number of aliphatic carboxylic acids is 1. The minimum Gasteiger partial charge on any atom is -0.480 e. The van der Waals surface area contributed by atoms with Crippen LogP contribution in [0.2, 0.25) is 0 Å². The Morgan fingerprint density at radius 1 is 1.13 bits per heavy atom. The number of carbonyl (C=O) groups excluding carboxylic acids is 3. The molecule has 8 heteroatoms. The second-order valence-electron chi connectivity index (χ2n) is 5.05. The predicted octanol–water partition coefficient (Wildman–Crippen LogP) is -0.376. The molecule has 1 aliphatic heterocycles. The lowest BCUT2D eigenvalue weighted by atomic mass is 10.1. The Kier molecular flexibility index (Phi) is 5.07. The molecule has 3 amide bonds. The Hall–Kier alpha value is -2.74. The van der Waals surface area contributed by atoms with Crippen LogP contribution in [0.5, 0.6) is 0 Å². The molecule has 122 valence electrons. The third-order valence-corrected chi connectivity index (χ3v) is 3.48. The zero-order chi connectivity index (χ0) is 17.0. The number of hydrogen-bond acceptors (Lipinski definition) is 5. The molecule has 1 unspecified atom stereocenters. The van der Waals surface area contributed by atoms with Crippen LogP contribution in [0.25, 0.3) is 0 Å². The van der Waals surface area contributed by atoms with Gasteiger partial charge in [0.25, 0.3) is 11.8 Å². The van der Waals surface area contributed by atoms with Crippen LogP contribution in [0.4, 0.5) is 0 Å². The van der Waals surface area contributed by atoms with Crippen molar-refractivity contribution in [3.05, 3.63) is 35.4 Å². The Morgan fingerprint density at radius 3 is 2.17 bits per heavy atom. The summed E-state index contributed by atoms with van der Waals surface area (Å²) in [5, 5.41) is 19.7. The van der Waals surface area contributed by atoms with Crippen molar-refractivity contribution >= 4 is 23.7 Å². The molecule has 23 heavy (non-hydrogen) atoms. The molecule has 0 spiro atoms. The summed E-state index contributed by atoms with van der Waals surface area (Å²) in [5.41, 5.74) is 0.682. The number of nitrogens with zero attached hydrogens (tertiary/aromatic N) is 1. The molecule has 8 nitrogen and oxygen atoms in total. The number of amides is 3. The van der Waals surface area contributed by atoms with Gasteiger partial charge in [-0.05, 0) is 18.6 Å². The topological polar surface area (TPSA) is 124 Å². The second kappa shape index (κ2) is 7.01. The zero-order valence-corrected chi connectivity index (χ0v) is 12.2. The molecule has 1 aromatic carbocycles. The molecule has 1 aliphatic rings. The van der Waals surface area contributed by atoms with Crippen molar-refractivity contribution in [2.75, 3.05) is 13.2 Å². The predicted molar refractivity (Wildman–Crippen MR) is 77.7 cm³/mol. The van der Waals surface area contributed by atoms with E-state index in [1.54, 1.807) is 24.3 Å². The van der Waals surface area contributed by atoms with Crippen LogP contribution in [0.3, 0.4) is 0 Å². The minimum atomic E-state index is -1.36. The van der Waals surface area contributed by atoms with E-state index < -0.39 is 36.3 Å². The first kappa shape index (κ1) is 16.6. The number of aliphatic hydroxyl groups excluding tert-OH is 1. The Balaban J connectivity index is 1.86. The van der Waals surface area contributed by atoms with Gasteiger partial charge in [-0.1, -0.05) is 12.1 Å². The summed E-state index contributed by atoms with van der Waals surface area (Å²) < 4.78 is 0. The molecule has 0 fully saturated rings. The third-order valence-electron chi connectivity index (χ3n) is 3.48. The highest BCUT2D eigenvalue weighted by Gasteiger charge is 2.34. The van der Waals surface area contributed by atoms with E-state index >= 15 is 0 Å². The molecule has 0 aliphatic carbocycles. The van der Waals surface area contributed by atoms with E-state index in [4.69, 9.17) is 10.2 Å². The Labute approximate surface area is 131 Å². The number of carbonyl (C=O) groups is 4. The summed E-state index contributed by atoms with van der Waals surface area (Å²) in [6, 6.07) is 5.12. The maximum Gasteiger partial charge on any atom is 0.328 e. The van der Waals surface area contributed by atoms with Gasteiger partial charge in [0.2, 0.25) is 5.91 Å². The molecule has 0 radical (unpaired) electrons. The van der Waals surface area contributed by atoms with E-state index in [0.29, 0.717) is 11.1 Å². The first-order valence-corrected chi connectivity index (χ1v) is 7.04. The first-order chi connectivity index (χ1) is 11.0. The van der Waals surface area contributed by atoms with Crippen molar-refractivity contribution in [3.63, 3.8) is 0 Å². The number of nitrogens with one attached hydrogen (secondary N) is 1. The first-order valence-electron chi connectivity index (χ1n) is 7.04. The average molecular weight is 320 g/mol. The zero-order valence-electron chi connectivity index (χ0n) is 12.2. The monoisotopic (exact) mass is 320 g/mol. The lowest BCUT2D eigenvalue weighted by Crippen LogP contribution is -2.43. The molecule has 0 bridgehead atoms. The Bertz CT molecular complexity index is 622. The minimum absolute atomic E-state index is 0.0583. The van der Waals surface area contributed by atoms with Gasteiger partial charge in [0.1, 0.15) is 6.04 Å². The summed E-state index contributed by atoms with van der Waals surface area (Å²) in [4.78, 5) is 47.5. The molecule has 3 N–H and O–H groups in total. The molecule has 0 aromatic heterocycles. The molecular weight excluding hydrogens is 304 g/mol. The number of rotatable bonds is 7. The highest BCUT2D eigenvalue weighted by Crippen LogP contribution is 2.22. The summed E-state index contributed by atoms with van der Waals surface area (Å²) >= 11 is 0. The van der Waals surface area contributed by atoms with E-state index in [0.717, 1.165) is 4.90 Å². The van der Waals surface area contributed by atoms with Gasteiger partial charge in [-0.25, -0.2) is 4.79 Å². The van der Waals surface area contributed by atoms with Gasteiger partial charge in [-0.3, -0.25) is 19.3 Å². The number of imide groups is 1. The normalized spacial score (nSPS) is 14.6. The fourth-order valence-corrected chi connectivity index (χ4v) is 2.29. The Morgan fingerprint density at radius 2 is 1.70 bits per heavy atom. The van der Waals surface area contributed by atoms with Gasteiger partial charge in [0, 0.05) is 13.0 Å². The lowest BCUT2D eigenvalue weighted by Gasteiger charge is -2.14. The molecule has 1 atom stereocenters.